The molecule has 1 aliphatic heterocycles. The second kappa shape index (κ2) is 5.83. The first-order valence-electron chi connectivity index (χ1n) is 5.64. The molecule has 0 aliphatic carbocycles. The van der Waals surface area contributed by atoms with Gasteiger partial charge in [0.1, 0.15) is 0 Å². The number of rotatable bonds is 4. The fraction of sp³-hybridized carbons (Fsp3) is 0.583. The maximum absolute atomic E-state index is 5.31. The predicted molar refractivity (Wildman–Crippen MR) is 59.8 cm³/mol. The van der Waals surface area contributed by atoms with Gasteiger partial charge >= 0.3 is 0 Å². The van der Waals surface area contributed by atoms with Crippen LogP contribution < -0.4 is 0 Å². The summed E-state index contributed by atoms with van der Waals surface area (Å²) in [7, 11) is 0. The third-order valence-electron chi connectivity index (χ3n) is 2.79. The van der Waals surface area contributed by atoms with Crippen molar-refractivity contribution in [2.45, 2.75) is 12.8 Å². The Morgan fingerprint density at radius 2 is 1.93 bits per heavy atom. The summed E-state index contributed by atoms with van der Waals surface area (Å²) < 4.78 is 5.31. The summed E-state index contributed by atoms with van der Waals surface area (Å²) in [6, 6.07) is 4.19. The second-order valence-corrected chi connectivity index (χ2v) is 3.91. The Morgan fingerprint density at radius 1 is 1.20 bits per heavy atom. The Bertz CT molecular complexity index is 270. The fourth-order valence-corrected chi connectivity index (χ4v) is 1.88. The largest absolute Gasteiger partial charge is 0.379 e. The summed E-state index contributed by atoms with van der Waals surface area (Å²) in [6.07, 6.45) is 6.11. The van der Waals surface area contributed by atoms with E-state index in [1.807, 2.05) is 12.4 Å². The molecular formula is C12H18N2O. The fourth-order valence-electron chi connectivity index (χ4n) is 1.88. The third kappa shape index (κ3) is 3.61. The monoisotopic (exact) mass is 206 g/mol. The molecule has 0 atom stereocenters. The maximum atomic E-state index is 5.31. The zero-order valence-electron chi connectivity index (χ0n) is 9.06. The van der Waals surface area contributed by atoms with Crippen molar-refractivity contribution >= 4 is 0 Å². The molecule has 0 spiro atoms. The summed E-state index contributed by atoms with van der Waals surface area (Å²) in [4.78, 5) is 6.49. The zero-order chi connectivity index (χ0) is 10.3. The van der Waals surface area contributed by atoms with Gasteiger partial charge in [0.15, 0.2) is 0 Å². The van der Waals surface area contributed by atoms with E-state index in [0.717, 1.165) is 32.7 Å². The zero-order valence-corrected chi connectivity index (χ0v) is 9.06. The van der Waals surface area contributed by atoms with Crippen molar-refractivity contribution in [2.75, 3.05) is 32.8 Å². The van der Waals surface area contributed by atoms with E-state index in [4.69, 9.17) is 4.74 Å². The van der Waals surface area contributed by atoms with E-state index in [2.05, 4.69) is 22.0 Å². The van der Waals surface area contributed by atoms with E-state index >= 15 is 0 Å². The van der Waals surface area contributed by atoms with Crippen LogP contribution in [0.5, 0.6) is 0 Å². The van der Waals surface area contributed by atoms with Gasteiger partial charge in [-0.1, -0.05) is 0 Å². The molecule has 1 saturated heterocycles. The summed E-state index contributed by atoms with van der Waals surface area (Å²) in [6.45, 7) is 5.17. The van der Waals surface area contributed by atoms with Gasteiger partial charge in [-0.3, -0.25) is 9.88 Å². The standard InChI is InChI=1S/C12H18N2O/c1(2-12-3-5-13-6-4-12)7-14-8-10-15-11-9-14/h3-6H,1-2,7-11H2. The molecule has 0 unspecified atom stereocenters. The number of nitrogens with zero attached hydrogens (tertiary/aromatic N) is 2. The molecule has 0 saturated carbocycles. The molecule has 0 bridgehead atoms. The highest BCUT2D eigenvalue weighted by atomic mass is 16.5. The Morgan fingerprint density at radius 3 is 2.67 bits per heavy atom. The Hall–Kier alpha value is -0.930. The van der Waals surface area contributed by atoms with Crippen molar-refractivity contribution in [3.05, 3.63) is 30.1 Å². The van der Waals surface area contributed by atoms with Crippen molar-refractivity contribution in [2.24, 2.45) is 0 Å². The lowest BCUT2D eigenvalue weighted by atomic mass is 10.1. The average Bonchev–Trinajstić information content (AvgIpc) is 2.32. The number of hydrogen-bond acceptors (Lipinski definition) is 3. The number of hydrogen-bond donors (Lipinski definition) is 0. The van der Waals surface area contributed by atoms with Gasteiger partial charge < -0.3 is 4.74 Å². The van der Waals surface area contributed by atoms with Crippen LogP contribution >= 0.6 is 0 Å². The predicted octanol–water partition coefficient (Wildman–Crippen LogP) is 1.35. The molecule has 82 valence electrons. The topological polar surface area (TPSA) is 25.4 Å². The maximum Gasteiger partial charge on any atom is 0.0594 e. The molecule has 2 rings (SSSR count). The van der Waals surface area contributed by atoms with Crippen LogP contribution in [0.1, 0.15) is 12.0 Å². The Balaban J connectivity index is 1.66. The first kappa shape index (κ1) is 10.6. The molecule has 1 fully saturated rings. The van der Waals surface area contributed by atoms with E-state index in [1.165, 1.54) is 18.5 Å². The Kier molecular flexibility index (Phi) is 4.11. The lowest BCUT2D eigenvalue weighted by Gasteiger charge is -2.26. The van der Waals surface area contributed by atoms with Crippen LogP contribution in [0.3, 0.4) is 0 Å². The number of aromatic nitrogens is 1. The second-order valence-electron chi connectivity index (χ2n) is 3.91. The van der Waals surface area contributed by atoms with Gasteiger partial charge in [0.05, 0.1) is 13.2 Å². The van der Waals surface area contributed by atoms with Crippen LogP contribution in [0.15, 0.2) is 24.5 Å². The lowest BCUT2D eigenvalue weighted by molar-refractivity contribution is 0.0375. The molecule has 0 aromatic carbocycles. The van der Waals surface area contributed by atoms with Crippen LogP contribution in [-0.2, 0) is 11.2 Å². The van der Waals surface area contributed by atoms with E-state index in [0.29, 0.717) is 0 Å². The number of aryl methyl sites for hydroxylation is 1. The summed E-state index contributed by atoms with van der Waals surface area (Å²) in [5, 5.41) is 0. The van der Waals surface area contributed by atoms with Crippen molar-refractivity contribution in [1.82, 2.24) is 9.88 Å². The van der Waals surface area contributed by atoms with E-state index in [1.54, 1.807) is 0 Å². The lowest BCUT2D eigenvalue weighted by Crippen LogP contribution is -2.36. The number of pyridine rings is 1. The molecule has 0 amide bonds. The summed E-state index contributed by atoms with van der Waals surface area (Å²) >= 11 is 0. The SMILES string of the molecule is c1cc(CCCN2CCOCC2)ccn1. The summed E-state index contributed by atoms with van der Waals surface area (Å²) in [5.74, 6) is 0. The highest BCUT2D eigenvalue weighted by Crippen LogP contribution is 2.03. The molecule has 0 radical (unpaired) electrons. The highest BCUT2D eigenvalue weighted by molar-refractivity contribution is 5.09. The quantitative estimate of drug-likeness (QED) is 0.743. The van der Waals surface area contributed by atoms with Crippen molar-refractivity contribution < 1.29 is 4.74 Å². The van der Waals surface area contributed by atoms with Gasteiger partial charge in [-0.15, -0.1) is 0 Å². The van der Waals surface area contributed by atoms with Crippen LogP contribution in [-0.4, -0.2) is 42.7 Å². The average molecular weight is 206 g/mol. The van der Waals surface area contributed by atoms with Gasteiger partial charge in [0.2, 0.25) is 0 Å². The van der Waals surface area contributed by atoms with E-state index in [9.17, 15) is 0 Å². The minimum Gasteiger partial charge on any atom is -0.379 e. The molecule has 2 heterocycles. The smallest absolute Gasteiger partial charge is 0.0594 e. The minimum atomic E-state index is 0.898. The molecule has 1 aromatic rings. The van der Waals surface area contributed by atoms with Crippen molar-refractivity contribution in [1.29, 1.82) is 0 Å². The third-order valence-corrected chi connectivity index (χ3v) is 2.79. The molecule has 1 aliphatic rings. The van der Waals surface area contributed by atoms with Gasteiger partial charge in [0, 0.05) is 25.5 Å². The highest BCUT2D eigenvalue weighted by Gasteiger charge is 2.08. The Labute approximate surface area is 91.1 Å². The first-order valence-corrected chi connectivity index (χ1v) is 5.64. The van der Waals surface area contributed by atoms with Gasteiger partial charge in [-0.25, -0.2) is 0 Å². The molecular weight excluding hydrogens is 188 g/mol. The van der Waals surface area contributed by atoms with E-state index in [-0.39, 0.29) is 0 Å². The van der Waals surface area contributed by atoms with Crippen LogP contribution in [0.25, 0.3) is 0 Å². The summed E-state index contributed by atoms with van der Waals surface area (Å²) in [5.41, 5.74) is 1.39. The normalized spacial score (nSPS) is 17.9. The van der Waals surface area contributed by atoms with Crippen LogP contribution in [0.2, 0.25) is 0 Å². The first-order chi connectivity index (χ1) is 7.45. The van der Waals surface area contributed by atoms with Gasteiger partial charge in [-0.2, -0.15) is 0 Å². The van der Waals surface area contributed by atoms with Gasteiger partial charge in [-0.05, 0) is 37.1 Å². The molecule has 0 N–H and O–H groups in total. The molecule has 1 aromatic heterocycles. The molecule has 15 heavy (non-hydrogen) atoms. The van der Waals surface area contributed by atoms with Crippen LogP contribution in [0, 0.1) is 0 Å². The molecule has 3 nitrogen and oxygen atoms in total. The van der Waals surface area contributed by atoms with Gasteiger partial charge in [0.25, 0.3) is 0 Å². The minimum absolute atomic E-state index is 0.898. The van der Waals surface area contributed by atoms with E-state index < -0.39 is 0 Å². The number of morpholine rings is 1. The van der Waals surface area contributed by atoms with Crippen molar-refractivity contribution in [3.63, 3.8) is 0 Å². The van der Waals surface area contributed by atoms with Crippen LogP contribution in [0.4, 0.5) is 0 Å². The molecule has 3 heteroatoms. The number of ether oxygens (including phenoxy) is 1. The van der Waals surface area contributed by atoms with Crippen molar-refractivity contribution in [3.8, 4) is 0 Å².